The molecule has 0 heterocycles. The van der Waals surface area contributed by atoms with Crippen molar-refractivity contribution in [2.75, 3.05) is 13.1 Å². The Labute approximate surface area is 124 Å². The van der Waals surface area contributed by atoms with Gasteiger partial charge in [-0.3, -0.25) is 0 Å². The van der Waals surface area contributed by atoms with Crippen LogP contribution < -0.4 is 10.1 Å². The van der Waals surface area contributed by atoms with Crippen molar-refractivity contribution >= 4 is 0 Å². The third kappa shape index (κ3) is 5.54. The molecule has 0 aromatic heterocycles. The van der Waals surface area contributed by atoms with E-state index in [2.05, 4.69) is 65.1 Å². The van der Waals surface area contributed by atoms with Crippen LogP contribution >= 0.6 is 0 Å². The molecule has 1 aromatic carbocycles. The van der Waals surface area contributed by atoms with Gasteiger partial charge in [-0.25, -0.2) is 0 Å². The quantitative estimate of drug-likeness (QED) is 0.754. The summed E-state index contributed by atoms with van der Waals surface area (Å²) in [6.45, 7) is 15.2. The van der Waals surface area contributed by atoms with Crippen LogP contribution in [0.1, 0.15) is 58.1 Å². The van der Waals surface area contributed by atoms with E-state index in [1.165, 1.54) is 11.1 Å². The van der Waals surface area contributed by atoms with Gasteiger partial charge in [0.25, 0.3) is 0 Å². The highest BCUT2D eigenvalue weighted by Crippen LogP contribution is 2.24. The fourth-order valence-electron chi connectivity index (χ4n) is 2.36. The van der Waals surface area contributed by atoms with Gasteiger partial charge in [-0.2, -0.15) is 0 Å². The number of rotatable bonds is 8. The number of aryl methyl sites for hydroxylation is 1. The zero-order valence-electron chi connectivity index (χ0n) is 14.0. The van der Waals surface area contributed by atoms with E-state index in [4.69, 9.17) is 4.74 Å². The van der Waals surface area contributed by atoms with Gasteiger partial charge in [-0.15, -0.1) is 0 Å². The molecule has 2 heteroatoms. The second kappa shape index (κ2) is 8.31. The smallest absolute Gasteiger partial charge is 0.120 e. The van der Waals surface area contributed by atoms with E-state index in [1.807, 2.05) is 0 Å². The minimum atomic E-state index is 0.248. The second-order valence-corrected chi connectivity index (χ2v) is 6.37. The highest BCUT2D eigenvalue weighted by atomic mass is 16.5. The lowest BCUT2D eigenvalue weighted by Crippen LogP contribution is -2.33. The van der Waals surface area contributed by atoms with Gasteiger partial charge in [0, 0.05) is 6.54 Å². The first-order chi connectivity index (χ1) is 9.43. The zero-order chi connectivity index (χ0) is 15.1. The highest BCUT2D eigenvalue weighted by molar-refractivity contribution is 5.36. The van der Waals surface area contributed by atoms with Crippen LogP contribution in [0.15, 0.2) is 18.2 Å². The number of hydrogen-bond donors (Lipinski definition) is 1. The van der Waals surface area contributed by atoms with E-state index in [1.54, 1.807) is 0 Å². The van der Waals surface area contributed by atoms with E-state index >= 15 is 0 Å². The standard InChI is InChI=1S/C18H31NO/c1-7-16(12-19-11-13(2)3)20-17-8-9-18(14(4)5)15(6)10-17/h8-10,13-14,16,19H,7,11-12H2,1-6H3. The SMILES string of the molecule is CCC(CNCC(C)C)Oc1ccc(C(C)C)c(C)c1. The average molecular weight is 277 g/mol. The van der Waals surface area contributed by atoms with Crippen molar-refractivity contribution in [1.82, 2.24) is 5.32 Å². The Kier molecular flexibility index (Phi) is 7.08. The van der Waals surface area contributed by atoms with Crippen LogP contribution in [0.2, 0.25) is 0 Å². The Morgan fingerprint density at radius 2 is 1.80 bits per heavy atom. The Morgan fingerprint density at radius 1 is 1.10 bits per heavy atom. The number of nitrogens with one attached hydrogen (secondary N) is 1. The van der Waals surface area contributed by atoms with Crippen molar-refractivity contribution in [3.05, 3.63) is 29.3 Å². The first-order valence-electron chi connectivity index (χ1n) is 7.91. The van der Waals surface area contributed by atoms with E-state index in [-0.39, 0.29) is 6.10 Å². The molecule has 0 saturated carbocycles. The van der Waals surface area contributed by atoms with Gasteiger partial charge in [-0.1, -0.05) is 40.7 Å². The van der Waals surface area contributed by atoms with E-state index in [0.29, 0.717) is 11.8 Å². The maximum Gasteiger partial charge on any atom is 0.120 e. The summed E-state index contributed by atoms with van der Waals surface area (Å²) < 4.78 is 6.10. The molecule has 0 aliphatic heterocycles. The lowest BCUT2D eigenvalue weighted by Gasteiger charge is -2.20. The molecule has 20 heavy (non-hydrogen) atoms. The summed E-state index contributed by atoms with van der Waals surface area (Å²) in [7, 11) is 0. The molecule has 0 fully saturated rings. The summed E-state index contributed by atoms with van der Waals surface area (Å²) in [5.41, 5.74) is 2.73. The molecule has 0 bridgehead atoms. The van der Waals surface area contributed by atoms with Crippen LogP contribution in [0.4, 0.5) is 0 Å². The molecule has 1 atom stereocenters. The van der Waals surface area contributed by atoms with Crippen molar-refractivity contribution in [2.24, 2.45) is 5.92 Å². The molecule has 1 unspecified atom stereocenters. The van der Waals surface area contributed by atoms with Crippen LogP contribution in [-0.4, -0.2) is 19.2 Å². The lowest BCUT2D eigenvalue weighted by molar-refractivity contribution is 0.192. The van der Waals surface area contributed by atoms with Crippen molar-refractivity contribution in [1.29, 1.82) is 0 Å². The maximum atomic E-state index is 6.10. The summed E-state index contributed by atoms with van der Waals surface area (Å²) in [5, 5.41) is 3.48. The fourth-order valence-corrected chi connectivity index (χ4v) is 2.36. The second-order valence-electron chi connectivity index (χ2n) is 6.37. The van der Waals surface area contributed by atoms with Gasteiger partial charge >= 0.3 is 0 Å². The molecule has 0 saturated heterocycles. The Bertz CT molecular complexity index is 398. The number of hydrogen-bond acceptors (Lipinski definition) is 2. The molecule has 0 aliphatic carbocycles. The van der Waals surface area contributed by atoms with Crippen LogP contribution in [0.3, 0.4) is 0 Å². The van der Waals surface area contributed by atoms with Crippen LogP contribution in [-0.2, 0) is 0 Å². The molecule has 0 aliphatic rings. The molecular formula is C18H31NO. The molecule has 1 rings (SSSR count). The first kappa shape index (κ1) is 17.0. The molecule has 114 valence electrons. The minimum absolute atomic E-state index is 0.248. The van der Waals surface area contributed by atoms with E-state index < -0.39 is 0 Å². The Hall–Kier alpha value is -1.02. The fraction of sp³-hybridized carbons (Fsp3) is 0.667. The summed E-state index contributed by atoms with van der Waals surface area (Å²) in [5.74, 6) is 2.24. The minimum Gasteiger partial charge on any atom is -0.489 e. The lowest BCUT2D eigenvalue weighted by atomic mass is 9.98. The predicted octanol–water partition coefficient (Wildman–Crippen LogP) is 4.52. The molecule has 0 radical (unpaired) electrons. The molecule has 1 aromatic rings. The van der Waals surface area contributed by atoms with Gasteiger partial charge in [0.15, 0.2) is 0 Å². The van der Waals surface area contributed by atoms with E-state index in [9.17, 15) is 0 Å². The summed E-state index contributed by atoms with van der Waals surface area (Å²) >= 11 is 0. The maximum absolute atomic E-state index is 6.10. The average Bonchev–Trinajstić information content (AvgIpc) is 2.36. The summed E-state index contributed by atoms with van der Waals surface area (Å²) in [4.78, 5) is 0. The molecule has 0 amide bonds. The normalized spacial score (nSPS) is 13.0. The monoisotopic (exact) mass is 277 g/mol. The molecule has 1 N–H and O–H groups in total. The molecular weight excluding hydrogens is 246 g/mol. The summed E-state index contributed by atoms with van der Waals surface area (Å²) in [6.07, 6.45) is 1.27. The topological polar surface area (TPSA) is 21.3 Å². The summed E-state index contributed by atoms with van der Waals surface area (Å²) in [6, 6.07) is 6.47. The Balaban J connectivity index is 2.59. The number of benzene rings is 1. The van der Waals surface area contributed by atoms with Gasteiger partial charge in [-0.05, 0) is 55.0 Å². The third-order valence-electron chi connectivity index (χ3n) is 3.55. The van der Waals surface area contributed by atoms with Crippen molar-refractivity contribution in [2.45, 2.75) is 60.0 Å². The Morgan fingerprint density at radius 3 is 2.30 bits per heavy atom. The van der Waals surface area contributed by atoms with Crippen molar-refractivity contribution in [3.8, 4) is 5.75 Å². The van der Waals surface area contributed by atoms with Gasteiger partial charge < -0.3 is 10.1 Å². The van der Waals surface area contributed by atoms with Crippen LogP contribution in [0.5, 0.6) is 5.75 Å². The van der Waals surface area contributed by atoms with E-state index in [0.717, 1.165) is 25.3 Å². The van der Waals surface area contributed by atoms with Crippen molar-refractivity contribution in [3.63, 3.8) is 0 Å². The molecule has 0 spiro atoms. The van der Waals surface area contributed by atoms with Gasteiger partial charge in [0.1, 0.15) is 11.9 Å². The predicted molar refractivity (Wildman–Crippen MR) is 87.7 cm³/mol. The largest absolute Gasteiger partial charge is 0.489 e. The van der Waals surface area contributed by atoms with Crippen molar-refractivity contribution < 1.29 is 4.74 Å². The van der Waals surface area contributed by atoms with Crippen LogP contribution in [0, 0.1) is 12.8 Å². The zero-order valence-corrected chi connectivity index (χ0v) is 14.0. The van der Waals surface area contributed by atoms with Crippen LogP contribution in [0.25, 0.3) is 0 Å². The van der Waals surface area contributed by atoms with Gasteiger partial charge in [0.2, 0.25) is 0 Å². The first-order valence-corrected chi connectivity index (χ1v) is 7.91. The highest BCUT2D eigenvalue weighted by Gasteiger charge is 2.10. The molecule has 2 nitrogen and oxygen atoms in total. The number of ether oxygens (including phenoxy) is 1. The third-order valence-corrected chi connectivity index (χ3v) is 3.55. The van der Waals surface area contributed by atoms with Gasteiger partial charge in [0.05, 0.1) is 0 Å².